The Bertz CT molecular complexity index is 2400. The first-order valence-electron chi connectivity index (χ1n) is 30.2. The predicted octanol–water partition coefficient (Wildman–Crippen LogP) is 4.40. The van der Waals surface area contributed by atoms with Crippen LogP contribution in [0.5, 0.6) is 0 Å². The number of amides is 3. The molecule has 2 aliphatic heterocycles. The lowest BCUT2D eigenvalue weighted by Crippen LogP contribution is -2.49. The molecule has 1 aromatic rings. The third kappa shape index (κ3) is 33.6. The molecule has 0 radical (unpaired) electrons. The van der Waals surface area contributed by atoms with Gasteiger partial charge in [0.2, 0.25) is 5.91 Å². The number of carbonyl (C=O) groups is 11. The first-order valence-corrected chi connectivity index (χ1v) is 31.6. The molecule has 0 bridgehead atoms. The fourth-order valence-corrected chi connectivity index (χ4v) is 10.1. The molecule has 23 heteroatoms. The van der Waals surface area contributed by atoms with Crippen molar-refractivity contribution in [2.75, 3.05) is 143 Å². The Morgan fingerprint density at radius 3 is 1.66 bits per heavy atom. The van der Waals surface area contributed by atoms with Gasteiger partial charge in [-0.25, -0.2) is 0 Å². The van der Waals surface area contributed by atoms with Crippen molar-refractivity contribution >= 4 is 76.1 Å². The average molecular weight is 1230 g/mol. The number of Topliss-reactive ketones (excluding diaryl/α,β-unsaturated/α-hetero) is 6. The van der Waals surface area contributed by atoms with Crippen molar-refractivity contribution < 1.29 is 76.4 Å². The summed E-state index contributed by atoms with van der Waals surface area (Å²) >= 11 is 1.53. The van der Waals surface area contributed by atoms with Crippen LogP contribution in [0.4, 0.5) is 0 Å². The Labute approximate surface area is 513 Å². The second-order valence-electron chi connectivity index (χ2n) is 24.2. The van der Waals surface area contributed by atoms with Crippen molar-refractivity contribution in [1.29, 1.82) is 0 Å². The van der Waals surface area contributed by atoms with Crippen LogP contribution in [-0.2, 0) is 78.1 Å². The van der Waals surface area contributed by atoms with Crippen molar-refractivity contribution in [1.82, 2.24) is 29.8 Å². The van der Waals surface area contributed by atoms with Crippen LogP contribution in [0.1, 0.15) is 129 Å². The summed E-state index contributed by atoms with van der Waals surface area (Å²) < 4.78 is 28.1. The molecule has 2 atom stereocenters. The molecule has 2 aliphatic rings. The number of ketones is 6. The Morgan fingerprint density at radius 2 is 1.13 bits per heavy atom. The molecule has 1 aromatic carbocycles. The van der Waals surface area contributed by atoms with Gasteiger partial charge in [0.25, 0.3) is 11.8 Å². The molecule has 482 valence electrons. The summed E-state index contributed by atoms with van der Waals surface area (Å²) in [5.41, 5.74) is -0.107. The molecule has 1 saturated heterocycles. The highest BCUT2D eigenvalue weighted by Gasteiger charge is 2.28. The van der Waals surface area contributed by atoms with Gasteiger partial charge in [0.05, 0.1) is 59.2 Å². The fraction of sp³-hybridized carbons (Fsp3) is 0.698. The third-order valence-electron chi connectivity index (χ3n) is 14.1. The van der Waals surface area contributed by atoms with Crippen molar-refractivity contribution in [3.8, 4) is 0 Å². The number of hydrogen-bond acceptors (Lipinski definition) is 21. The number of aryl methyl sites for hydroxylation is 1. The van der Waals surface area contributed by atoms with E-state index >= 15 is 0 Å². The fourth-order valence-electron chi connectivity index (χ4n) is 9.59. The molecule has 0 aromatic heterocycles. The number of thioether (sulfide) groups is 1. The molecule has 3 rings (SSSR count). The highest BCUT2D eigenvalue weighted by Crippen LogP contribution is 2.20. The smallest absolute Gasteiger partial charge is 0.320 e. The van der Waals surface area contributed by atoms with E-state index in [1.165, 1.54) is 30.8 Å². The summed E-state index contributed by atoms with van der Waals surface area (Å²) in [7, 11) is 0. The molecule has 2 heterocycles. The van der Waals surface area contributed by atoms with E-state index in [0.717, 1.165) is 10.5 Å². The Morgan fingerprint density at radius 1 is 0.593 bits per heavy atom. The first kappa shape index (κ1) is 74.9. The first-order chi connectivity index (χ1) is 40.7. The van der Waals surface area contributed by atoms with E-state index in [2.05, 4.69) is 10.2 Å². The van der Waals surface area contributed by atoms with E-state index < -0.39 is 28.9 Å². The number of nitrogens with zero attached hydrogens (tertiary/aromatic N) is 5. The molecule has 86 heavy (non-hydrogen) atoms. The maximum atomic E-state index is 13.5. The lowest BCUT2D eigenvalue weighted by Gasteiger charge is -2.34. The molecular formula is C63H98N6O16S. The van der Waals surface area contributed by atoms with E-state index in [4.69, 9.17) is 23.7 Å². The minimum absolute atomic E-state index is 0.0156. The number of esters is 2. The molecule has 3 amide bonds. The second kappa shape index (κ2) is 40.2. The zero-order valence-corrected chi connectivity index (χ0v) is 53.5. The summed E-state index contributed by atoms with van der Waals surface area (Å²) in [6.07, 6.45) is 7.43. The summed E-state index contributed by atoms with van der Waals surface area (Å²) in [6, 6.07) is 6.96. The molecule has 1 N–H and O–H groups in total. The summed E-state index contributed by atoms with van der Waals surface area (Å²) in [4.78, 5) is 149. The third-order valence-corrected chi connectivity index (χ3v) is 14.7. The van der Waals surface area contributed by atoms with Crippen molar-refractivity contribution in [2.24, 2.45) is 11.8 Å². The number of rotatable bonds is 40. The number of nitrogens with one attached hydrogen (secondary N) is 1. The zero-order valence-electron chi connectivity index (χ0n) is 52.7. The minimum atomic E-state index is -0.685. The number of imide groups is 1. The van der Waals surface area contributed by atoms with Crippen LogP contribution >= 0.6 is 11.8 Å². The maximum absolute atomic E-state index is 13.5. The van der Waals surface area contributed by atoms with Crippen molar-refractivity contribution in [3.63, 3.8) is 0 Å². The zero-order chi connectivity index (χ0) is 63.7. The van der Waals surface area contributed by atoms with Crippen LogP contribution in [-0.4, -0.2) is 243 Å². The van der Waals surface area contributed by atoms with Crippen LogP contribution in [0.15, 0.2) is 36.4 Å². The van der Waals surface area contributed by atoms with Gasteiger partial charge in [0.15, 0.2) is 17.3 Å². The number of ether oxygens (including phenoxy) is 5. The van der Waals surface area contributed by atoms with Crippen molar-refractivity contribution in [2.45, 2.75) is 131 Å². The van der Waals surface area contributed by atoms with E-state index in [9.17, 15) is 52.7 Å². The molecule has 0 saturated carbocycles. The predicted molar refractivity (Wildman–Crippen MR) is 327 cm³/mol. The van der Waals surface area contributed by atoms with Gasteiger partial charge in [-0.3, -0.25) is 77.2 Å². The number of unbranched alkanes of at least 4 members (excludes halogenated alkanes) is 1. The average Bonchev–Trinajstić information content (AvgIpc) is 3.98. The van der Waals surface area contributed by atoms with Gasteiger partial charge in [-0.2, -0.15) is 11.8 Å². The summed E-state index contributed by atoms with van der Waals surface area (Å²) in [5, 5.41) is 2.68. The van der Waals surface area contributed by atoms with Crippen LogP contribution in [0.25, 0.3) is 0 Å². The summed E-state index contributed by atoms with van der Waals surface area (Å²) in [5.74, 6) is -3.28. The maximum Gasteiger partial charge on any atom is 0.320 e. The van der Waals surface area contributed by atoms with Crippen molar-refractivity contribution in [3.05, 3.63) is 47.5 Å². The Balaban J connectivity index is 1.35. The molecule has 0 unspecified atom stereocenters. The van der Waals surface area contributed by atoms with Crippen LogP contribution in [0.3, 0.4) is 0 Å². The molecule has 1 fully saturated rings. The molecule has 22 nitrogen and oxygen atoms in total. The second-order valence-corrected chi connectivity index (χ2v) is 25.2. The van der Waals surface area contributed by atoms with Gasteiger partial charge < -0.3 is 29.0 Å². The van der Waals surface area contributed by atoms with E-state index in [1.54, 1.807) is 25.1 Å². The SMILES string of the molecule is CSCC[C@H](CC(=O)c1cccc(CCC(=O)COCCOCCOCCCC(=O)CN2CCN(CC(C)=O)CCN(CC(=O)OC(C)(C)C)CCN(CC(=O)OC(C)(C)C)CC2)c1)C(=O)NCC(=O)C[C@@H](CCCCN1C(=O)C=CC1=O)C(C)=O. The molecular weight excluding hydrogens is 1130 g/mol. The molecule has 0 spiro atoms. The van der Waals surface area contributed by atoms with Crippen LogP contribution in [0, 0.1) is 11.8 Å². The lowest BCUT2D eigenvalue weighted by molar-refractivity contribution is -0.158. The van der Waals surface area contributed by atoms with E-state index in [1.807, 2.05) is 68.6 Å². The van der Waals surface area contributed by atoms with Crippen LogP contribution < -0.4 is 5.32 Å². The standard InChI is InChI=1S/C63H98N6O16S/c1-47(70)42-65-24-26-66(27-29-68(45-60(79)85-63(6,7)8)31-30-67(28-25-65)44-59(78)84-62(3,4)5)43-53(72)17-13-32-81-33-34-82-35-36-83-46-54(73)19-18-49-14-12-16-51(38-49)56(75)40-52(22-37-86-9)61(80)64-41-55(74)39-50(48(2)71)15-10-11-23-69-57(76)20-21-58(69)77/h12,14,16,20-21,38,50,52H,10-11,13,15,17-19,22-37,39-46H2,1-9H3,(H,64,80)/t50-,52-/m1/s1. The van der Waals surface area contributed by atoms with Gasteiger partial charge >= 0.3 is 11.9 Å². The largest absolute Gasteiger partial charge is 0.459 e. The Hall–Kier alpha value is -5.40. The highest BCUT2D eigenvalue weighted by atomic mass is 32.2. The number of hydrogen-bond donors (Lipinski definition) is 1. The highest BCUT2D eigenvalue weighted by molar-refractivity contribution is 7.98. The van der Waals surface area contributed by atoms with E-state index in [-0.39, 0.29) is 137 Å². The lowest BCUT2D eigenvalue weighted by atomic mass is 9.92. The van der Waals surface area contributed by atoms with E-state index in [0.29, 0.717) is 128 Å². The Kier molecular flexibility index (Phi) is 35.0. The van der Waals surface area contributed by atoms with Gasteiger partial charge in [0, 0.05) is 121 Å². The normalized spacial score (nSPS) is 16.0. The van der Waals surface area contributed by atoms with Crippen LogP contribution in [0.2, 0.25) is 0 Å². The molecule has 0 aliphatic carbocycles. The van der Waals surface area contributed by atoms with Gasteiger partial charge in [-0.15, -0.1) is 0 Å². The van der Waals surface area contributed by atoms with Gasteiger partial charge in [0.1, 0.15) is 35.2 Å². The topological polar surface area (TPSA) is 262 Å². The quantitative estimate of drug-likeness (QED) is 0.0413. The summed E-state index contributed by atoms with van der Waals surface area (Å²) in [6.45, 7) is 19.6. The monoisotopic (exact) mass is 1230 g/mol. The number of carbonyl (C=O) groups excluding carboxylic acids is 11. The van der Waals surface area contributed by atoms with Gasteiger partial charge in [-0.05, 0) is 111 Å². The van der Waals surface area contributed by atoms with Gasteiger partial charge in [-0.1, -0.05) is 24.6 Å². The minimum Gasteiger partial charge on any atom is -0.459 e. The number of benzene rings is 1.